The van der Waals surface area contributed by atoms with Crippen molar-refractivity contribution in [2.45, 2.75) is 19.0 Å². The van der Waals surface area contributed by atoms with Gasteiger partial charge in [-0.3, -0.25) is 0 Å². The van der Waals surface area contributed by atoms with Gasteiger partial charge in [0.25, 0.3) is 0 Å². The highest BCUT2D eigenvalue weighted by Crippen LogP contribution is 2.31. The molecule has 0 aliphatic carbocycles. The number of rotatable bonds is 4. The van der Waals surface area contributed by atoms with Gasteiger partial charge >= 0.3 is 6.18 Å². The lowest BCUT2D eigenvalue weighted by atomic mass is 10.0. The Labute approximate surface area is 146 Å². The van der Waals surface area contributed by atoms with Crippen LogP contribution < -0.4 is 9.80 Å². The molecule has 0 aromatic heterocycles. The van der Waals surface area contributed by atoms with Gasteiger partial charge in [-0.25, -0.2) is 0 Å². The molecule has 0 unspecified atom stereocenters. The van der Waals surface area contributed by atoms with Crippen LogP contribution in [0.2, 0.25) is 0 Å². The third kappa shape index (κ3) is 4.54. The first-order chi connectivity index (χ1) is 11.9. The van der Waals surface area contributed by atoms with E-state index in [1.165, 1.54) is 22.6 Å². The van der Waals surface area contributed by atoms with Gasteiger partial charge in [-0.1, -0.05) is 43.3 Å². The summed E-state index contributed by atoms with van der Waals surface area (Å²) < 4.78 is 38.6. The van der Waals surface area contributed by atoms with E-state index in [1.807, 2.05) is 6.07 Å². The van der Waals surface area contributed by atoms with Gasteiger partial charge in [-0.15, -0.1) is 0 Å². The van der Waals surface area contributed by atoms with Gasteiger partial charge in [0.05, 0.1) is 38.3 Å². The third-order valence-electron chi connectivity index (χ3n) is 4.97. The zero-order valence-corrected chi connectivity index (χ0v) is 14.4. The van der Waals surface area contributed by atoms with E-state index in [1.54, 1.807) is 6.07 Å². The van der Waals surface area contributed by atoms with Crippen LogP contribution in [0.3, 0.4) is 0 Å². The number of nitrogens with one attached hydrogen (secondary N) is 1. The molecule has 134 valence electrons. The number of anilines is 1. The average molecular weight is 349 g/mol. The van der Waals surface area contributed by atoms with E-state index in [0.29, 0.717) is 11.6 Å². The van der Waals surface area contributed by atoms with Crippen LogP contribution >= 0.6 is 0 Å². The van der Waals surface area contributed by atoms with Crippen LogP contribution in [0, 0.1) is 0 Å². The van der Waals surface area contributed by atoms with Gasteiger partial charge in [0.2, 0.25) is 0 Å². The minimum atomic E-state index is -4.28. The Morgan fingerprint density at radius 2 is 1.68 bits per heavy atom. The molecule has 1 heterocycles. The van der Waals surface area contributed by atoms with Crippen LogP contribution in [0.15, 0.2) is 54.6 Å². The number of hydrogen-bond acceptors (Lipinski definition) is 1. The molecule has 0 bridgehead atoms. The molecular formula is C20H24F3N2+. The lowest BCUT2D eigenvalue weighted by Gasteiger charge is -2.35. The van der Waals surface area contributed by atoms with Crippen molar-refractivity contribution in [1.29, 1.82) is 0 Å². The van der Waals surface area contributed by atoms with E-state index < -0.39 is 11.7 Å². The zero-order chi connectivity index (χ0) is 17.9. The van der Waals surface area contributed by atoms with Crippen molar-refractivity contribution >= 4 is 5.69 Å². The Hall–Kier alpha value is -2.01. The van der Waals surface area contributed by atoms with Crippen molar-refractivity contribution in [3.63, 3.8) is 0 Å². The number of quaternary nitrogens is 1. The second-order valence-corrected chi connectivity index (χ2v) is 6.80. The van der Waals surface area contributed by atoms with Gasteiger partial charge in [0, 0.05) is 11.6 Å². The molecule has 2 aromatic rings. The highest BCUT2D eigenvalue weighted by atomic mass is 19.4. The summed E-state index contributed by atoms with van der Waals surface area (Å²) in [6.45, 7) is 6.78. The van der Waals surface area contributed by atoms with E-state index in [4.69, 9.17) is 0 Å². The Morgan fingerprint density at radius 3 is 2.32 bits per heavy atom. The topological polar surface area (TPSA) is 7.68 Å². The molecule has 1 N–H and O–H groups in total. The quantitative estimate of drug-likeness (QED) is 0.891. The number of halogens is 3. The van der Waals surface area contributed by atoms with Crippen LogP contribution in [0.1, 0.15) is 24.0 Å². The predicted octanol–water partition coefficient (Wildman–Crippen LogP) is 3.21. The summed E-state index contributed by atoms with van der Waals surface area (Å²) in [6.07, 6.45) is -4.28. The van der Waals surface area contributed by atoms with Crippen LogP contribution in [0.5, 0.6) is 0 Å². The molecule has 1 atom stereocenters. The molecule has 1 fully saturated rings. The molecular weight excluding hydrogens is 325 g/mol. The van der Waals surface area contributed by atoms with Crippen molar-refractivity contribution in [3.05, 3.63) is 65.7 Å². The second kappa shape index (κ2) is 7.48. The minimum absolute atomic E-state index is 0.483. The summed E-state index contributed by atoms with van der Waals surface area (Å²) in [6, 6.07) is 16.1. The van der Waals surface area contributed by atoms with Crippen LogP contribution in [-0.4, -0.2) is 32.7 Å². The summed E-state index contributed by atoms with van der Waals surface area (Å²) >= 11 is 0. The van der Waals surface area contributed by atoms with Gasteiger partial charge < -0.3 is 9.80 Å². The van der Waals surface area contributed by atoms with Gasteiger partial charge in [-0.2, -0.15) is 13.2 Å². The van der Waals surface area contributed by atoms with Crippen molar-refractivity contribution < 1.29 is 18.1 Å². The zero-order valence-electron chi connectivity index (χ0n) is 14.4. The summed E-state index contributed by atoms with van der Waals surface area (Å²) in [5, 5.41) is 0. The van der Waals surface area contributed by atoms with Gasteiger partial charge in [0.1, 0.15) is 0 Å². The largest absolute Gasteiger partial charge is 0.416 e. The van der Waals surface area contributed by atoms with Gasteiger partial charge in [-0.05, 0) is 23.8 Å². The summed E-state index contributed by atoms with van der Waals surface area (Å²) in [5.74, 6) is 0.483. The Bertz CT molecular complexity index is 677. The Balaban J connectivity index is 1.57. The molecule has 2 aromatic carbocycles. The second-order valence-electron chi connectivity index (χ2n) is 6.80. The van der Waals surface area contributed by atoms with Crippen molar-refractivity contribution in [1.82, 2.24) is 0 Å². The van der Waals surface area contributed by atoms with E-state index in [2.05, 4.69) is 36.1 Å². The SMILES string of the molecule is C[C@H](C[NH+]1CCN(c2cccc(C(F)(F)F)c2)CC1)c1ccccc1. The van der Waals surface area contributed by atoms with E-state index in [-0.39, 0.29) is 0 Å². The van der Waals surface area contributed by atoms with Gasteiger partial charge in [0.15, 0.2) is 0 Å². The lowest BCUT2D eigenvalue weighted by Crippen LogP contribution is -3.15. The normalized spacial score (nSPS) is 17.5. The molecule has 0 spiro atoms. The highest BCUT2D eigenvalue weighted by Gasteiger charge is 2.31. The first-order valence-electron chi connectivity index (χ1n) is 8.74. The summed E-state index contributed by atoms with van der Waals surface area (Å²) in [4.78, 5) is 3.57. The first-order valence-corrected chi connectivity index (χ1v) is 8.74. The maximum atomic E-state index is 12.9. The van der Waals surface area contributed by atoms with Crippen LogP contribution in [0.25, 0.3) is 0 Å². The standard InChI is InChI=1S/C20H23F3N2/c1-16(17-6-3-2-4-7-17)15-24-10-12-25(13-11-24)19-9-5-8-18(14-19)20(21,22)23/h2-9,14,16H,10-13,15H2,1H3/p+1/t16-/m1/s1. The maximum Gasteiger partial charge on any atom is 0.416 e. The molecule has 1 aliphatic heterocycles. The molecule has 2 nitrogen and oxygen atoms in total. The summed E-state index contributed by atoms with van der Waals surface area (Å²) in [7, 11) is 0. The Kier molecular flexibility index (Phi) is 5.33. The number of benzene rings is 2. The molecule has 25 heavy (non-hydrogen) atoms. The number of alkyl halides is 3. The van der Waals surface area contributed by atoms with E-state index in [9.17, 15) is 13.2 Å². The van der Waals surface area contributed by atoms with E-state index in [0.717, 1.165) is 38.8 Å². The van der Waals surface area contributed by atoms with Crippen molar-refractivity contribution in [3.8, 4) is 0 Å². The van der Waals surface area contributed by atoms with Crippen molar-refractivity contribution in [2.24, 2.45) is 0 Å². The number of piperazine rings is 1. The predicted molar refractivity (Wildman–Crippen MR) is 94.1 cm³/mol. The number of hydrogen-bond donors (Lipinski definition) is 1. The average Bonchev–Trinajstić information content (AvgIpc) is 2.62. The monoisotopic (exact) mass is 349 g/mol. The molecule has 0 radical (unpaired) electrons. The highest BCUT2D eigenvalue weighted by molar-refractivity contribution is 5.49. The molecule has 0 amide bonds. The van der Waals surface area contributed by atoms with Crippen LogP contribution in [-0.2, 0) is 6.18 Å². The third-order valence-corrected chi connectivity index (χ3v) is 4.97. The fourth-order valence-corrected chi connectivity index (χ4v) is 3.50. The fourth-order valence-electron chi connectivity index (χ4n) is 3.50. The smallest absolute Gasteiger partial charge is 0.360 e. The minimum Gasteiger partial charge on any atom is -0.360 e. The molecule has 3 rings (SSSR count). The molecule has 1 aliphatic rings. The maximum absolute atomic E-state index is 12.9. The van der Waals surface area contributed by atoms with Crippen molar-refractivity contribution in [2.75, 3.05) is 37.6 Å². The summed E-state index contributed by atoms with van der Waals surface area (Å²) in [5.41, 5.74) is 1.44. The molecule has 1 saturated heterocycles. The first kappa shape index (κ1) is 17.8. The number of nitrogens with zero attached hydrogens (tertiary/aromatic N) is 1. The molecule has 0 saturated carbocycles. The van der Waals surface area contributed by atoms with E-state index >= 15 is 0 Å². The lowest BCUT2D eigenvalue weighted by molar-refractivity contribution is -0.901. The van der Waals surface area contributed by atoms with Crippen LogP contribution in [0.4, 0.5) is 18.9 Å². The Morgan fingerprint density at radius 1 is 1.00 bits per heavy atom. The fraction of sp³-hybridized carbons (Fsp3) is 0.400. The molecule has 5 heteroatoms.